The molecule has 0 saturated heterocycles. The van der Waals surface area contributed by atoms with Gasteiger partial charge in [0.05, 0.1) is 11.1 Å². The molecule has 6 N–H and O–H groups in total. The van der Waals surface area contributed by atoms with Gasteiger partial charge in [0.2, 0.25) is 11.8 Å². The van der Waals surface area contributed by atoms with Gasteiger partial charge in [-0.05, 0) is 75.3 Å². The molecule has 0 atom stereocenters. The van der Waals surface area contributed by atoms with Crippen molar-refractivity contribution in [3.63, 3.8) is 0 Å². The van der Waals surface area contributed by atoms with Crippen molar-refractivity contribution in [3.8, 4) is 0 Å². The molecule has 0 unspecified atom stereocenters. The predicted octanol–water partition coefficient (Wildman–Crippen LogP) is 4.68. The number of aryl methyl sites for hydroxylation is 2. The average molecular weight is 531 g/mol. The van der Waals surface area contributed by atoms with E-state index in [2.05, 4.69) is 10.6 Å². The number of fused-ring (bicyclic) bond motifs is 2. The lowest BCUT2D eigenvalue weighted by Crippen LogP contribution is -2.18. The summed E-state index contributed by atoms with van der Waals surface area (Å²) in [5.74, 6) is -1.37. The van der Waals surface area contributed by atoms with Crippen molar-refractivity contribution in [2.45, 2.75) is 89.9 Å². The number of amides is 4. The molecule has 0 fully saturated rings. The van der Waals surface area contributed by atoms with E-state index in [9.17, 15) is 19.2 Å². The molecular weight excluding hydrogens is 496 g/mol. The summed E-state index contributed by atoms with van der Waals surface area (Å²) in [7, 11) is 0. The quantitative estimate of drug-likeness (QED) is 0.275. The number of thiophene rings is 2. The van der Waals surface area contributed by atoms with Crippen molar-refractivity contribution in [3.05, 3.63) is 32.0 Å². The van der Waals surface area contributed by atoms with Crippen LogP contribution in [0.3, 0.4) is 0 Å². The Morgan fingerprint density at radius 1 is 0.611 bits per heavy atom. The van der Waals surface area contributed by atoms with E-state index in [1.807, 2.05) is 0 Å². The monoisotopic (exact) mass is 530 g/mol. The lowest BCUT2D eigenvalue weighted by Gasteiger charge is -2.07. The van der Waals surface area contributed by atoms with Crippen LogP contribution < -0.4 is 22.1 Å². The zero-order valence-corrected chi connectivity index (χ0v) is 22.1. The second-order valence-electron chi connectivity index (χ2n) is 9.57. The second kappa shape index (κ2) is 12.0. The Morgan fingerprint density at radius 2 is 1.00 bits per heavy atom. The first-order valence-electron chi connectivity index (χ1n) is 12.8. The lowest BCUT2D eigenvalue weighted by atomic mass is 10.0. The minimum Gasteiger partial charge on any atom is -0.365 e. The molecule has 2 aliphatic rings. The molecule has 0 spiro atoms. The number of unbranched alkanes of at least 4 members (excludes halogenated alkanes) is 1. The van der Waals surface area contributed by atoms with Crippen LogP contribution in [0.25, 0.3) is 0 Å². The van der Waals surface area contributed by atoms with Gasteiger partial charge in [0.25, 0.3) is 11.8 Å². The minimum absolute atomic E-state index is 0.188. The molecule has 2 aromatic heterocycles. The van der Waals surface area contributed by atoms with Crippen LogP contribution in [0.1, 0.15) is 106 Å². The van der Waals surface area contributed by atoms with E-state index in [0.29, 0.717) is 34.0 Å². The van der Waals surface area contributed by atoms with Gasteiger partial charge in [0, 0.05) is 22.6 Å². The number of hydrogen-bond donors (Lipinski definition) is 4. The third kappa shape index (κ3) is 6.15. The SMILES string of the molecule is NC(=O)c1c(NC(=O)CCCCC(=O)Nc2sc3c(c2C(N)=O)CCCCC3)sc2c1CCCCC2. The molecule has 4 amide bonds. The highest BCUT2D eigenvalue weighted by Gasteiger charge is 2.25. The zero-order valence-electron chi connectivity index (χ0n) is 20.5. The third-order valence-corrected chi connectivity index (χ3v) is 9.31. The maximum atomic E-state index is 12.6. The average Bonchev–Trinajstić information content (AvgIpc) is 3.11. The summed E-state index contributed by atoms with van der Waals surface area (Å²) in [5.41, 5.74) is 14.2. The number of anilines is 2. The fourth-order valence-corrected chi connectivity index (χ4v) is 7.75. The highest BCUT2D eigenvalue weighted by Crippen LogP contribution is 2.38. The molecule has 194 valence electrons. The summed E-state index contributed by atoms with van der Waals surface area (Å²) in [6.07, 6.45) is 11.5. The van der Waals surface area contributed by atoms with E-state index in [1.54, 1.807) is 0 Å². The van der Waals surface area contributed by atoms with Gasteiger partial charge in [0.1, 0.15) is 10.0 Å². The van der Waals surface area contributed by atoms with Crippen molar-refractivity contribution in [2.24, 2.45) is 11.5 Å². The highest BCUT2D eigenvalue weighted by atomic mass is 32.1. The fraction of sp³-hybridized carbons (Fsp3) is 0.538. The molecule has 2 aliphatic carbocycles. The van der Waals surface area contributed by atoms with Crippen LogP contribution in [0, 0.1) is 0 Å². The molecule has 10 heteroatoms. The van der Waals surface area contributed by atoms with Crippen LogP contribution in [0.4, 0.5) is 10.0 Å². The van der Waals surface area contributed by atoms with Gasteiger partial charge in [-0.2, -0.15) is 0 Å². The standard InChI is InChI=1S/C26H34N4O4S2/c27-23(33)21-15-9-3-1-5-11-17(15)35-25(21)29-19(31)13-7-8-14-20(32)30-26-22(24(28)34)16-10-4-2-6-12-18(16)36-26/h1-14H2,(H2,27,33)(H2,28,34)(H,29,31)(H,30,32). The molecule has 0 aliphatic heterocycles. The van der Waals surface area contributed by atoms with Crippen LogP contribution >= 0.6 is 22.7 Å². The number of carbonyl (C=O) groups excluding carboxylic acids is 4. The second-order valence-corrected chi connectivity index (χ2v) is 11.8. The maximum absolute atomic E-state index is 12.6. The van der Waals surface area contributed by atoms with Crippen LogP contribution in [0.15, 0.2) is 0 Å². The minimum atomic E-state index is -0.498. The van der Waals surface area contributed by atoms with Gasteiger partial charge in [0.15, 0.2) is 0 Å². The Labute approximate surface area is 219 Å². The summed E-state index contributed by atoms with van der Waals surface area (Å²) < 4.78 is 0. The lowest BCUT2D eigenvalue weighted by molar-refractivity contribution is -0.118. The van der Waals surface area contributed by atoms with Crippen LogP contribution in [-0.4, -0.2) is 23.6 Å². The first kappa shape index (κ1) is 26.3. The summed E-state index contributed by atoms with van der Waals surface area (Å²) in [6, 6.07) is 0. The van der Waals surface area contributed by atoms with Crippen molar-refractivity contribution in [1.82, 2.24) is 0 Å². The predicted molar refractivity (Wildman–Crippen MR) is 144 cm³/mol. The summed E-state index contributed by atoms with van der Waals surface area (Å²) in [4.78, 5) is 51.6. The molecule has 4 rings (SSSR count). The van der Waals surface area contributed by atoms with Crippen molar-refractivity contribution in [2.75, 3.05) is 10.6 Å². The van der Waals surface area contributed by atoms with Crippen molar-refractivity contribution in [1.29, 1.82) is 0 Å². The summed E-state index contributed by atoms with van der Waals surface area (Å²) in [6.45, 7) is 0. The van der Waals surface area contributed by atoms with Crippen LogP contribution in [0.2, 0.25) is 0 Å². The van der Waals surface area contributed by atoms with E-state index in [-0.39, 0.29) is 24.7 Å². The smallest absolute Gasteiger partial charge is 0.251 e. The van der Waals surface area contributed by atoms with Crippen LogP contribution in [0.5, 0.6) is 0 Å². The Kier molecular flexibility index (Phi) is 8.79. The van der Waals surface area contributed by atoms with Gasteiger partial charge < -0.3 is 22.1 Å². The Bertz CT molecular complexity index is 1080. The highest BCUT2D eigenvalue weighted by molar-refractivity contribution is 7.17. The molecule has 0 saturated carbocycles. The molecule has 0 bridgehead atoms. The Hall–Kier alpha value is -2.72. The van der Waals surface area contributed by atoms with Gasteiger partial charge in [-0.1, -0.05) is 12.8 Å². The van der Waals surface area contributed by atoms with E-state index in [1.165, 1.54) is 22.7 Å². The molecule has 36 heavy (non-hydrogen) atoms. The number of primary amides is 2. The van der Waals surface area contributed by atoms with Gasteiger partial charge in [-0.3, -0.25) is 19.2 Å². The first-order chi connectivity index (χ1) is 17.3. The zero-order chi connectivity index (χ0) is 25.7. The topological polar surface area (TPSA) is 144 Å². The maximum Gasteiger partial charge on any atom is 0.251 e. The number of rotatable bonds is 9. The van der Waals surface area contributed by atoms with Gasteiger partial charge >= 0.3 is 0 Å². The third-order valence-electron chi connectivity index (χ3n) is 6.90. The van der Waals surface area contributed by atoms with Crippen molar-refractivity contribution >= 4 is 56.3 Å². The van der Waals surface area contributed by atoms with Gasteiger partial charge in [-0.25, -0.2) is 0 Å². The number of nitrogens with two attached hydrogens (primary N) is 2. The molecule has 2 aromatic rings. The molecule has 0 aromatic carbocycles. The normalized spacial score (nSPS) is 15.2. The largest absolute Gasteiger partial charge is 0.365 e. The summed E-state index contributed by atoms with van der Waals surface area (Å²) in [5, 5.41) is 6.86. The Balaban J connectivity index is 1.28. The van der Waals surface area contributed by atoms with E-state index in [0.717, 1.165) is 85.1 Å². The van der Waals surface area contributed by atoms with E-state index < -0.39 is 11.8 Å². The van der Waals surface area contributed by atoms with Crippen LogP contribution in [-0.2, 0) is 35.3 Å². The first-order valence-corrected chi connectivity index (χ1v) is 14.5. The molecular formula is C26H34N4O4S2. The molecule has 2 heterocycles. The number of carbonyl (C=O) groups is 4. The Morgan fingerprint density at radius 3 is 1.39 bits per heavy atom. The number of hydrogen-bond acceptors (Lipinski definition) is 6. The summed E-state index contributed by atoms with van der Waals surface area (Å²) >= 11 is 2.92. The van der Waals surface area contributed by atoms with Gasteiger partial charge in [-0.15, -0.1) is 22.7 Å². The van der Waals surface area contributed by atoms with Crippen molar-refractivity contribution < 1.29 is 19.2 Å². The van der Waals surface area contributed by atoms with E-state index >= 15 is 0 Å². The number of nitrogens with one attached hydrogen (secondary N) is 2. The molecule has 0 radical (unpaired) electrons. The fourth-order valence-electron chi connectivity index (χ4n) is 5.13. The van der Waals surface area contributed by atoms with E-state index in [4.69, 9.17) is 11.5 Å². The molecule has 8 nitrogen and oxygen atoms in total.